The molecule has 0 N–H and O–H groups in total. The Labute approximate surface area is 143 Å². The minimum Gasteiger partial charge on any atom is -0.493 e. The summed E-state index contributed by atoms with van der Waals surface area (Å²) >= 11 is 0. The van der Waals surface area contributed by atoms with E-state index in [2.05, 4.69) is 0 Å². The molecule has 4 nitrogen and oxygen atoms in total. The van der Waals surface area contributed by atoms with Crippen molar-refractivity contribution in [3.63, 3.8) is 0 Å². The molecule has 0 aliphatic carbocycles. The number of benzene rings is 2. The van der Waals surface area contributed by atoms with Crippen molar-refractivity contribution in [2.24, 2.45) is 0 Å². The molecule has 24 heavy (non-hydrogen) atoms. The number of carbonyl (C=O) groups is 1. The summed E-state index contributed by atoms with van der Waals surface area (Å²) < 4.78 is 10.5. The molecular weight excluding hydrogens is 302 g/mol. The van der Waals surface area contributed by atoms with E-state index in [0.29, 0.717) is 18.0 Å². The van der Waals surface area contributed by atoms with Crippen LogP contribution in [0.2, 0.25) is 0 Å². The molecule has 1 amide bonds. The number of rotatable bonds is 6. The minimum atomic E-state index is -0.0541. The summed E-state index contributed by atoms with van der Waals surface area (Å²) in [6.45, 7) is 4.58. The number of ether oxygens (including phenoxy) is 2. The summed E-state index contributed by atoms with van der Waals surface area (Å²) in [6.07, 6.45) is 3.36. The van der Waals surface area contributed by atoms with Gasteiger partial charge in [-0.15, -0.1) is 0 Å². The Morgan fingerprint density at radius 3 is 2.42 bits per heavy atom. The summed E-state index contributed by atoms with van der Waals surface area (Å²) in [5, 5.41) is 0. The lowest BCUT2D eigenvalue weighted by Gasteiger charge is -2.21. The van der Waals surface area contributed by atoms with Crippen molar-refractivity contribution in [1.82, 2.24) is 0 Å². The first-order chi connectivity index (χ1) is 11.6. The van der Waals surface area contributed by atoms with Crippen LogP contribution in [0.15, 0.2) is 48.5 Å². The van der Waals surface area contributed by atoms with Crippen molar-refractivity contribution < 1.29 is 14.3 Å². The largest absolute Gasteiger partial charge is 0.493 e. The first-order valence-corrected chi connectivity index (χ1v) is 7.88. The van der Waals surface area contributed by atoms with Crippen LogP contribution in [0, 0.1) is 6.92 Å². The molecule has 126 valence electrons. The molecule has 0 aromatic heterocycles. The van der Waals surface area contributed by atoms with Gasteiger partial charge in [0.15, 0.2) is 11.5 Å². The smallest absolute Gasteiger partial charge is 0.250 e. The standard InChI is InChI=1S/C20H23NO3/c1-5-21(17-9-7-6-8-15(17)2)20(22)13-11-16-10-12-18(23-3)19(14-16)24-4/h6-14H,5H2,1-4H3. The van der Waals surface area contributed by atoms with Crippen LogP contribution in [0.4, 0.5) is 5.69 Å². The predicted molar refractivity (Wildman–Crippen MR) is 97.8 cm³/mol. The Morgan fingerprint density at radius 2 is 1.79 bits per heavy atom. The molecule has 4 heteroatoms. The van der Waals surface area contributed by atoms with Crippen LogP contribution < -0.4 is 14.4 Å². The van der Waals surface area contributed by atoms with E-state index in [4.69, 9.17) is 9.47 Å². The zero-order chi connectivity index (χ0) is 17.5. The second kappa shape index (κ2) is 8.20. The molecule has 0 spiro atoms. The first-order valence-electron chi connectivity index (χ1n) is 7.88. The number of hydrogen-bond donors (Lipinski definition) is 0. The number of aryl methyl sites for hydroxylation is 1. The van der Waals surface area contributed by atoms with Crippen molar-refractivity contribution in [3.05, 3.63) is 59.7 Å². The Balaban J connectivity index is 2.21. The maximum Gasteiger partial charge on any atom is 0.250 e. The summed E-state index contributed by atoms with van der Waals surface area (Å²) in [7, 11) is 3.19. The predicted octanol–water partition coefficient (Wildman–Crippen LogP) is 4.08. The SMILES string of the molecule is CCN(C(=O)C=Cc1ccc(OC)c(OC)c1)c1ccccc1C. The fraction of sp³-hybridized carbons (Fsp3) is 0.250. The molecule has 0 aliphatic rings. The number of hydrogen-bond acceptors (Lipinski definition) is 3. The van der Waals surface area contributed by atoms with E-state index in [1.165, 1.54) is 0 Å². The lowest BCUT2D eigenvalue weighted by Crippen LogP contribution is -2.29. The molecule has 0 saturated heterocycles. The third-order valence-electron chi connectivity index (χ3n) is 3.81. The molecule has 0 bridgehead atoms. The van der Waals surface area contributed by atoms with Gasteiger partial charge in [0.25, 0.3) is 5.91 Å². The van der Waals surface area contributed by atoms with Gasteiger partial charge in [-0.2, -0.15) is 0 Å². The van der Waals surface area contributed by atoms with Crippen molar-refractivity contribution in [2.45, 2.75) is 13.8 Å². The van der Waals surface area contributed by atoms with Crippen molar-refractivity contribution in [3.8, 4) is 11.5 Å². The normalized spacial score (nSPS) is 10.7. The molecule has 2 aromatic carbocycles. The zero-order valence-corrected chi connectivity index (χ0v) is 14.6. The fourth-order valence-corrected chi connectivity index (χ4v) is 2.53. The number of nitrogens with zero attached hydrogens (tertiary/aromatic N) is 1. The Kier molecular flexibility index (Phi) is 6.01. The van der Waals surface area contributed by atoms with Crippen LogP contribution >= 0.6 is 0 Å². The average molecular weight is 325 g/mol. The highest BCUT2D eigenvalue weighted by molar-refractivity contribution is 6.04. The van der Waals surface area contributed by atoms with Crippen LogP contribution in [0.5, 0.6) is 11.5 Å². The molecule has 0 fully saturated rings. The summed E-state index contributed by atoms with van der Waals surface area (Å²) in [4.78, 5) is 14.3. The zero-order valence-electron chi connectivity index (χ0n) is 14.6. The molecule has 0 saturated carbocycles. The van der Waals surface area contributed by atoms with Gasteiger partial charge in [-0.25, -0.2) is 0 Å². The van der Waals surface area contributed by atoms with Gasteiger partial charge < -0.3 is 14.4 Å². The highest BCUT2D eigenvalue weighted by atomic mass is 16.5. The summed E-state index contributed by atoms with van der Waals surface area (Å²) in [5.74, 6) is 1.25. The van der Waals surface area contributed by atoms with Crippen LogP contribution in [-0.4, -0.2) is 26.7 Å². The van der Waals surface area contributed by atoms with Crippen molar-refractivity contribution >= 4 is 17.7 Å². The molecule has 0 heterocycles. The van der Waals surface area contributed by atoms with Gasteiger partial charge in [0, 0.05) is 18.3 Å². The van der Waals surface area contributed by atoms with Gasteiger partial charge in [0.1, 0.15) is 0 Å². The number of carbonyl (C=O) groups excluding carboxylic acids is 1. The topological polar surface area (TPSA) is 38.8 Å². The molecule has 0 unspecified atom stereocenters. The Hall–Kier alpha value is -2.75. The summed E-state index contributed by atoms with van der Waals surface area (Å²) in [5.41, 5.74) is 2.89. The monoisotopic (exact) mass is 325 g/mol. The maximum atomic E-state index is 12.6. The van der Waals surface area contributed by atoms with E-state index in [9.17, 15) is 4.79 Å². The van der Waals surface area contributed by atoms with E-state index in [1.54, 1.807) is 31.3 Å². The number of methoxy groups -OCH3 is 2. The van der Waals surface area contributed by atoms with Gasteiger partial charge in [-0.3, -0.25) is 4.79 Å². The molecule has 0 atom stereocenters. The van der Waals surface area contributed by atoms with Gasteiger partial charge in [-0.1, -0.05) is 24.3 Å². The fourth-order valence-electron chi connectivity index (χ4n) is 2.53. The third-order valence-corrected chi connectivity index (χ3v) is 3.81. The minimum absolute atomic E-state index is 0.0541. The molecule has 0 aliphatic heterocycles. The van der Waals surface area contributed by atoms with Crippen LogP contribution in [-0.2, 0) is 4.79 Å². The van der Waals surface area contributed by atoms with Crippen LogP contribution in [0.25, 0.3) is 6.08 Å². The van der Waals surface area contributed by atoms with Crippen molar-refractivity contribution in [2.75, 3.05) is 25.7 Å². The quantitative estimate of drug-likeness (QED) is 0.751. The lowest BCUT2D eigenvalue weighted by atomic mass is 10.1. The number of likely N-dealkylation sites (N-methyl/N-ethyl adjacent to an activating group) is 1. The molecule has 0 radical (unpaired) electrons. The molecular formula is C20H23NO3. The van der Waals surface area contributed by atoms with E-state index < -0.39 is 0 Å². The van der Waals surface area contributed by atoms with Gasteiger partial charge in [0.05, 0.1) is 14.2 Å². The lowest BCUT2D eigenvalue weighted by molar-refractivity contribution is -0.114. The van der Waals surface area contributed by atoms with E-state index in [0.717, 1.165) is 16.8 Å². The maximum absolute atomic E-state index is 12.6. The van der Waals surface area contributed by atoms with Crippen molar-refractivity contribution in [1.29, 1.82) is 0 Å². The van der Waals surface area contributed by atoms with Crippen LogP contribution in [0.3, 0.4) is 0 Å². The molecule has 2 rings (SSSR count). The van der Waals surface area contributed by atoms with E-state index in [-0.39, 0.29) is 5.91 Å². The average Bonchev–Trinajstić information content (AvgIpc) is 2.61. The Bertz CT molecular complexity index is 737. The van der Waals surface area contributed by atoms with Crippen LogP contribution in [0.1, 0.15) is 18.1 Å². The number of amides is 1. The Morgan fingerprint density at radius 1 is 1.08 bits per heavy atom. The number of anilines is 1. The first kappa shape index (κ1) is 17.6. The second-order valence-electron chi connectivity index (χ2n) is 5.32. The third kappa shape index (κ3) is 3.96. The number of para-hydroxylation sites is 1. The second-order valence-corrected chi connectivity index (χ2v) is 5.32. The highest BCUT2D eigenvalue weighted by Gasteiger charge is 2.12. The summed E-state index contributed by atoms with van der Waals surface area (Å²) in [6, 6.07) is 13.4. The molecule has 2 aromatic rings. The van der Waals surface area contributed by atoms with E-state index in [1.807, 2.05) is 56.3 Å². The van der Waals surface area contributed by atoms with Gasteiger partial charge in [0.2, 0.25) is 0 Å². The van der Waals surface area contributed by atoms with Gasteiger partial charge in [-0.05, 0) is 49.2 Å². The van der Waals surface area contributed by atoms with Gasteiger partial charge >= 0.3 is 0 Å². The van der Waals surface area contributed by atoms with E-state index >= 15 is 0 Å². The highest BCUT2D eigenvalue weighted by Crippen LogP contribution is 2.28.